The maximum Gasteiger partial charge on any atom is 0.417 e. The predicted molar refractivity (Wildman–Crippen MR) is 75.6 cm³/mol. The van der Waals surface area contributed by atoms with Gasteiger partial charge in [0.15, 0.2) is 0 Å². The van der Waals surface area contributed by atoms with E-state index in [0.717, 1.165) is 17.7 Å². The van der Waals surface area contributed by atoms with Crippen LogP contribution in [0.15, 0.2) is 48.5 Å². The Morgan fingerprint density at radius 2 is 1.73 bits per heavy atom. The SMILES string of the molecule is COc1ccc(CNC(=O)c2ccccc2C(F)(F)F)cc1. The van der Waals surface area contributed by atoms with E-state index < -0.39 is 17.6 Å². The van der Waals surface area contributed by atoms with Crippen LogP contribution in [0.4, 0.5) is 13.2 Å². The zero-order chi connectivity index (χ0) is 16.2. The average molecular weight is 309 g/mol. The molecule has 0 saturated carbocycles. The molecule has 1 amide bonds. The quantitative estimate of drug-likeness (QED) is 0.936. The number of hydrogen-bond acceptors (Lipinski definition) is 2. The first-order valence-corrected chi connectivity index (χ1v) is 6.49. The van der Waals surface area contributed by atoms with Crippen molar-refractivity contribution < 1.29 is 22.7 Å². The summed E-state index contributed by atoms with van der Waals surface area (Å²) in [6.45, 7) is 0.134. The van der Waals surface area contributed by atoms with Crippen LogP contribution < -0.4 is 10.1 Å². The van der Waals surface area contributed by atoms with Crippen LogP contribution in [-0.2, 0) is 12.7 Å². The predicted octanol–water partition coefficient (Wildman–Crippen LogP) is 3.64. The van der Waals surface area contributed by atoms with Gasteiger partial charge in [0.2, 0.25) is 0 Å². The number of methoxy groups -OCH3 is 1. The van der Waals surface area contributed by atoms with Crippen molar-refractivity contribution in [2.45, 2.75) is 12.7 Å². The van der Waals surface area contributed by atoms with E-state index in [-0.39, 0.29) is 12.1 Å². The standard InChI is InChI=1S/C16H14F3NO2/c1-22-12-8-6-11(7-9-12)10-20-15(21)13-4-2-3-5-14(13)16(17,18)19/h2-9H,10H2,1H3,(H,20,21). The van der Waals surface area contributed by atoms with Crippen LogP contribution in [0.2, 0.25) is 0 Å². The third-order valence-corrected chi connectivity index (χ3v) is 3.09. The van der Waals surface area contributed by atoms with Crippen molar-refractivity contribution in [2.75, 3.05) is 7.11 Å². The van der Waals surface area contributed by atoms with Crippen LogP contribution in [0.5, 0.6) is 5.75 Å². The topological polar surface area (TPSA) is 38.3 Å². The van der Waals surface area contributed by atoms with E-state index in [1.165, 1.54) is 19.2 Å². The minimum absolute atomic E-state index is 0.134. The summed E-state index contributed by atoms with van der Waals surface area (Å²) < 4.78 is 43.6. The van der Waals surface area contributed by atoms with Crippen molar-refractivity contribution in [3.05, 3.63) is 65.2 Å². The fourth-order valence-electron chi connectivity index (χ4n) is 1.95. The fourth-order valence-corrected chi connectivity index (χ4v) is 1.95. The van der Waals surface area contributed by atoms with Crippen molar-refractivity contribution in [3.8, 4) is 5.75 Å². The Hall–Kier alpha value is -2.50. The van der Waals surface area contributed by atoms with Crippen LogP contribution in [0.3, 0.4) is 0 Å². The van der Waals surface area contributed by atoms with Crippen molar-refractivity contribution in [1.82, 2.24) is 5.32 Å². The summed E-state index contributed by atoms with van der Waals surface area (Å²) in [4.78, 5) is 12.0. The summed E-state index contributed by atoms with van der Waals surface area (Å²) in [5.74, 6) is -0.0961. The third-order valence-electron chi connectivity index (χ3n) is 3.09. The highest BCUT2D eigenvalue weighted by Crippen LogP contribution is 2.31. The molecule has 0 aliphatic carbocycles. The molecule has 0 aromatic heterocycles. The Kier molecular flexibility index (Phi) is 4.70. The highest BCUT2D eigenvalue weighted by atomic mass is 19.4. The van der Waals surface area contributed by atoms with Crippen molar-refractivity contribution in [3.63, 3.8) is 0 Å². The van der Waals surface area contributed by atoms with E-state index in [2.05, 4.69) is 5.32 Å². The maximum absolute atomic E-state index is 12.9. The second kappa shape index (κ2) is 6.51. The number of carbonyl (C=O) groups is 1. The molecule has 22 heavy (non-hydrogen) atoms. The van der Waals surface area contributed by atoms with E-state index in [9.17, 15) is 18.0 Å². The Labute approximate surface area is 125 Å². The second-order valence-corrected chi connectivity index (χ2v) is 4.57. The van der Waals surface area contributed by atoms with Crippen LogP contribution in [0, 0.1) is 0 Å². The lowest BCUT2D eigenvalue weighted by Gasteiger charge is -2.12. The molecule has 3 nitrogen and oxygen atoms in total. The number of benzene rings is 2. The first kappa shape index (κ1) is 15.9. The van der Waals surface area contributed by atoms with Gasteiger partial charge in [0.1, 0.15) is 5.75 Å². The highest BCUT2D eigenvalue weighted by molar-refractivity contribution is 5.95. The summed E-state index contributed by atoms with van der Waals surface area (Å²) in [5.41, 5.74) is -0.565. The number of nitrogens with one attached hydrogen (secondary N) is 1. The monoisotopic (exact) mass is 309 g/mol. The molecule has 0 fully saturated rings. The molecule has 116 valence electrons. The second-order valence-electron chi connectivity index (χ2n) is 4.57. The Morgan fingerprint density at radius 1 is 1.09 bits per heavy atom. The molecular weight excluding hydrogens is 295 g/mol. The van der Waals surface area contributed by atoms with Crippen molar-refractivity contribution in [2.24, 2.45) is 0 Å². The average Bonchev–Trinajstić information content (AvgIpc) is 2.52. The lowest BCUT2D eigenvalue weighted by atomic mass is 10.1. The van der Waals surface area contributed by atoms with Gasteiger partial charge in [-0.15, -0.1) is 0 Å². The van der Waals surface area contributed by atoms with Gasteiger partial charge in [-0.1, -0.05) is 24.3 Å². The zero-order valence-electron chi connectivity index (χ0n) is 11.8. The van der Waals surface area contributed by atoms with Gasteiger partial charge in [-0.05, 0) is 29.8 Å². The van der Waals surface area contributed by atoms with Gasteiger partial charge in [-0.2, -0.15) is 13.2 Å². The molecule has 1 N–H and O–H groups in total. The summed E-state index contributed by atoms with van der Waals surface area (Å²) in [6.07, 6.45) is -4.56. The summed E-state index contributed by atoms with van der Waals surface area (Å²) in [5, 5.41) is 2.49. The van der Waals surface area contributed by atoms with E-state index >= 15 is 0 Å². The molecule has 6 heteroatoms. The summed E-state index contributed by atoms with van der Waals surface area (Å²) >= 11 is 0. The molecule has 0 radical (unpaired) electrons. The molecule has 2 aromatic rings. The molecule has 2 aromatic carbocycles. The minimum atomic E-state index is -4.56. The van der Waals surface area contributed by atoms with Gasteiger partial charge in [0.25, 0.3) is 5.91 Å². The lowest BCUT2D eigenvalue weighted by molar-refractivity contribution is -0.137. The zero-order valence-corrected chi connectivity index (χ0v) is 11.8. The normalized spacial score (nSPS) is 11.1. The minimum Gasteiger partial charge on any atom is -0.497 e. The van der Waals surface area contributed by atoms with E-state index in [1.807, 2.05) is 0 Å². The number of amides is 1. The first-order chi connectivity index (χ1) is 10.4. The summed E-state index contributed by atoms with van der Waals surface area (Å²) in [7, 11) is 1.53. The van der Waals surface area contributed by atoms with Gasteiger partial charge in [-0.3, -0.25) is 4.79 Å². The van der Waals surface area contributed by atoms with Crippen LogP contribution in [0.1, 0.15) is 21.5 Å². The maximum atomic E-state index is 12.9. The Bertz CT molecular complexity index is 651. The molecule has 0 atom stereocenters. The third kappa shape index (κ3) is 3.78. The molecule has 0 unspecified atom stereocenters. The summed E-state index contributed by atoms with van der Waals surface area (Å²) in [6, 6.07) is 11.6. The fraction of sp³-hybridized carbons (Fsp3) is 0.188. The highest BCUT2D eigenvalue weighted by Gasteiger charge is 2.34. The number of rotatable bonds is 4. The van der Waals surface area contributed by atoms with Gasteiger partial charge in [0.05, 0.1) is 18.2 Å². The molecule has 0 heterocycles. The smallest absolute Gasteiger partial charge is 0.417 e. The molecule has 0 saturated heterocycles. The van der Waals surface area contributed by atoms with Crippen LogP contribution >= 0.6 is 0 Å². The number of hydrogen-bond donors (Lipinski definition) is 1. The number of alkyl halides is 3. The molecule has 0 aliphatic rings. The number of halogens is 3. The van der Waals surface area contributed by atoms with Crippen molar-refractivity contribution in [1.29, 1.82) is 0 Å². The van der Waals surface area contributed by atoms with E-state index in [0.29, 0.717) is 5.75 Å². The number of ether oxygens (including phenoxy) is 1. The van der Waals surface area contributed by atoms with Gasteiger partial charge >= 0.3 is 6.18 Å². The lowest BCUT2D eigenvalue weighted by Crippen LogP contribution is -2.25. The van der Waals surface area contributed by atoms with Gasteiger partial charge < -0.3 is 10.1 Å². The van der Waals surface area contributed by atoms with Crippen LogP contribution in [0.25, 0.3) is 0 Å². The van der Waals surface area contributed by atoms with Gasteiger partial charge in [-0.25, -0.2) is 0 Å². The molecule has 0 aliphatic heterocycles. The first-order valence-electron chi connectivity index (χ1n) is 6.49. The number of carbonyl (C=O) groups excluding carboxylic acids is 1. The molecular formula is C16H14F3NO2. The van der Waals surface area contributed by atoms with Crippen molar-refractivity contribution >= 4 is 5.91 Å². The van der Waals surface area contributed by atoms with E-state index in [1.54, 1.807) is 24.3 Å². The molecule has 0 bridgehead atoms. The Morgan fingerprint density at radius 3 is 2.32 bits per heavy atom. The Balaban J connectivity index is 2.09. The van der Waals surface area contributed by atoms with Gasteiger partial charge in [0, 0.05) is 6.54 Å². The molecule has 2 rings (SSSR count). The van der Waals surface area contributed by atoms with Crippen LogP contribution in [-0.4, -0.2) is 13.0 Å². The van der Waals surface area contributed by atoms with E-state index in [4.69, 9.17) is 4.74 Å². The molecule has 0 spiro atoms. The largest absolute Gasteiger partial charge is 0.497 e.